The molecule has 4 N–H and O–H groups in total. The third-order valence-corrected chi connectivity index (χ3v) is 3.74. The van der Waals surface area contributed by atoms with Crippen LogP contribution in [-0.4, -0.2) is 17.6 Å². The van der Waals surface area contributed by atoms with Gasteiger partial charge in [-0.3, -0.25) is 0 Å². The van der Waals surface area contributed by atoms with Crippen molar-refractivity contribution in [2.45, 2.75) is 5.92 Å². The standard InChI is InChI=1S/C15H16BrN3O/c16-13-8-4-5-9-14(13)18-10-12(15(17)19-20)11-6-2-1-3-7-11/h1-9,12,18,20H,10H2,(H2,17,19). The number of halogens is 1. The van der Waals surface area contributed by atoms with Gasteiger partial charge < -0.3 is 16.3 Å². The summed E-state index contributed by atoms with van der Waals surface area (Å²) in [5.41, 5.74) is 7.77. The van der Waals surface area contributed by atoms with E-state index in [9.17, 15) is 0 Å². The first-order valence-corrected chi connectivity index (χ1v) is 7.02. The number of oxime groups is 1. The molecule has 0 radical (unpaired) electrons. The summed E-state index contributed by atoms with van der Waals surface area (Å²) < 4.78 is 0.978. The van der Waals surface area contributed by atoms with Gasteiger partial charge in [0.15, 0.2) is 0 Å². The fourth-order valence-corrected chi connectivity index (χ4v) is 2.39. The van der Waals surface area contributed by atoms with E-state index in [1.54, 1.807) is 0 Å². The highest BCUT2D eigenvalue weighted by atomic mass is 79.9. The molecule has 0 aliphatic heterocycles. The topological polar surface area (TPSA) is 70.6 Å². The van der Waals surface area contributed by atoms with Crippen LogP contribution in [0.15, 0.2) is 64.2 Å². The van der Waals surface area contributed by atoms with E-state index in [1.807, 2.05) is 54.6 Å². The normalized spacial score (nSPS) is 12.9. The van der Waals surface area contributed by atoms with E-state index in [-0.39, 0.29) is 11.8 Å². The second-order valence-electron chi connectivity index (χ2n) is 4.35. The number of benzene rings is 2. The van der Waals surface area contributed by atoms with Crippen LogP contribution >= 0.6 is 15.9 Å². The van der Waals surface area contributed by atoms with Gasteiger partial charge in [-0.2, -0.15) is 0 Å². The van der Waals surface area contributed by atoms with E-state index in [4.69, 9.17) is 10.9 Å². The Morgan fingerprint density at radius 1 is 1.15 bits per heavy atom. The minimum atomic E-state index is -0.187. The van der Waals surface area contributed by atoms with Gasteiger partial charge in [-0.1, -0.05) is 47.6 Å². The van der Waals surface area contributed by atoms with Gasteiger partial charge in [-0.05, 0) is 33.6 Å². The maximum absolute atomic E-state index is 8.94. The highest BCUT2D eigenvalue weighted by Gasteiger charge is 2.16. The van der Waals surface area contributed by atoms with Gasteiger partial charge in [-0.25, -0.2) is 0 Å². The molecule has 20 heavy (non-hydrogen) atoms. The molecule has 5 heteroatoms. The summed E-state index contributed by atoms with van der Waals surface area (Å²) in [6.45, 7) is 0.544. The number of amidine groups is 1. The Labute approximate surface area is 126 Å². The number of nitrogens with one attached hydrogen (secondary N) is 1. The van der Waals surface area contributed by atoms with Gasteiger partial charge in [0, 0.05) is 16.7 Å². The van der Waals surface area contributed by atoms with Crippen LogP contribution in [0.1, 0.15) is 11.5 Å². The molecule has 4 nitrogen and oxygen atoms in total. The van der Waals surface area contributed by atoms with Gasteiger partial charge in [0.25, 0.3) is 0 Å². The molecule has 2 aromatic carbocycles. The lowest BCUT2D eigenvalue weighted by molar-refractivity contribution is 0.316. The predicted octanol–water partition coefficient (Wildman–Crippen LogP) is 3.39. The molecule has 0 bridgehead atoms. The molecule has 0 saturated carbocycles. The lowest BCUT2D eigenvalue weighted by Gasteiger charge is -2.18. The van der Waals surface area contributed by atoms with Crippen LogP contribution in [0.4, 0.5) is 5.69 Å². The molecule has 0 heterocycles. The van der Waals surface area contributed by atoms with Gasteiger partial charge in [0.2, 0.25) is 0 Å². The van der Waals surface area contributed by atoms with Crippen molar-refractivity contribution in [1.29, 1.82) is 0 Å². The van der Waals surface area contributed by atoms with Crippen molar-refractivity contribution >= 4 is 27.5 Å². The first-order chi connectivity index (χ1) is 9.72. The first kappa shape index (κ1) is 14.4. The predicted molar refractivity (Wildman–Crippen MR) is 85.2 cm³/mol. The van der Waals surface area contributed by atoms with Crippen molar-refractivity contribution in [2.24, 2.45) is 10.9 Å². The molecule has 0 saturated heterocycles. The van der Waals surface area contributed by atoms with E-state index in [0.29, 0.717) is 6.54 Å². The molecule has 104 valence electrons. The van der Waals surface area contributed by atoms with Crippen molar-refractivity contribution < 1.29 is 5.21 Å². The average Bonchev–Trinajstić information content (AvgIpc) is 2.50. The summed E-state index contributed by atoms with van der Waals surface area (Å²) >= 11 is 3.48. The number of rotatable bonds is 5. The van der Waals surface area contributed by atoms with Gasteiger partial charge in [0.1, 0.15) is 5.84 Å². The second-order valence-corrected chi connectivity index (χ2v) is 5.20. The number of hydrogen-bond donors (Lipinski definition) is 3. The Balaban J connectivity index is 2.16. The quantitative estimate of drug-likeness (QED) is 0.340. The lowest BCUT2D eigenvalue weighted by Crippen LogP contribution is -2.28. The monoisotopic (exact) mass is 333 g/mol. The Morgan fingerprint density at radius 3 is 2.45 bits per heavy atom. The zero-order valence-electron chi connectivity index (χ0n) is 10.8. The molecule has 1 atom stereocenters. The number of anilines is 1. The zero-order chi connectivity index (χ0) is 14.4. The summed E-state index contributed by atoms with van der Waals surface area (Å²) in [5, 5.41) is 15.4. The molecule has 0 aliphatic rings. The molecule has 0 aliphatic carbocycles. The molecule has 0 aromatic heterocycles. The highest BCUT2D eigenvalue weighted by Crippen LogP contribution is 2.23. The number of para-hydroxylation sites is 1. The summed E-state index contributed by atoms with van der Waals surface area (Å²) in [4.78, 5) is 0. The minimum absolute atomic E-state index is 0.187. The molecule has 2 aromatic rings. The third-order valence-electron chi connectivity index (χ3n) is 3.04. The van der Waals surface area contributed by atoms with Crippen molar-refractivity contribution in [2.75, 3.05) is 11.9 Å². The fraction of sp³-hybridized carbons (Fsp3) is 0.133. The van der Waals surface area contributed by atoms with Crippen LogP contribution in [0, 0.1) is 0 Å². The summed E-state index contributed by atoms with van der Waals surface area (Å²) in [5.74, 6) is 0.00376. The van der Waals surface area contributed by atoms with Crippen LogP contribution in [-0.2, 0) is 0 Å². The molecule has 2 rings (SSSR count). The highest BCUT2D eigenvalue weighted by molar-refractivity contribution is 9.10. The SMILES string of the molecule is NC(=NO)C(CNc1ccccc1Br)c1ccccc1. The number of hydrogen-bond acceptors (Lipinski definition) is 3. The third kappa shape index (κ3) is 3.51. The Bertz CT molecular complexity index is 587. The molecule has 0 amide bonds. The number of nitrogens with two attached hydrogens (primary N) is 1. The Hall–Kier alpha value is -2.01. The Morgan fingerprint density at radius 2 is 1.80 bits per heavy atom. The van der Waals surface area contributed by atoms with E-state index in [1.165, 1.54) is 0 Å². The van der Waals surface area contributed by atoms with Crippen molar-refractivity contribution in [3.05, 3.63) is 64.6 Å². The number of nitrogens with zero attached hydrogens (tertiary/aromatic N) is 1. The van der Waals surface area contributed by atoms with Gasteiger partial charge >= 0.3 is 0 Å². The summed E-state index contributed by atoms with van der Waals surface area (Å²) in [7, 11) is 0. The van der Waals surface area contributed by atoms with Crippen molar-refractivity contribution in [3.8, 4) is 0 Å². The van der Waals surface area contributed by atoms with E-state index >= 15 is 0 Å². The van der Waals surface area contributed by atoms with Crippen molar-refractivity contribution in [1.82, 2.24) is 0 Å². The maximum atomic E-state index is 8.94. The van der Waals surface area contributed by atoms with E-state index < -0.39 is 0 Å². The van der Waals surface area contributed by atoms with Crippen LogP contribution in [0.5, 0.6) is 0 Å². The van der Waals surface area contributed by atoms with Crippen LogP contribution in [0.25, 0.3) is 0 Å². The van der Waals surface area contributed by atoms with Crippen LogP contribution in [0.3, 0.4) is 0 Å². The summed E-state index contributed by atoms with van der Waals surface area (Å²) in [6, 6.07) is 17.6. The zero-order valence-corrected chi connectivity index (χ0v) is 12.4. The van der Waals surface area contributed by atoms with Crippen LogP contribution < -0.4 is 11.1 Å². The molecular weight excluding hydrogens is 318 g/mol. The molecular formula is C15H16BrN3O. The maximum Gasteiger partial charge on any atom is 0.148 e. The molecule has 0 fully saturated rings. The summed E-state index contributed by atoms with van der Waals surface area (Å²) in [6.07, 6.45) is 0. The minimum Gasteiger partial charge on any atom is -0.409 e. The largest absolute Gasteiger partial charge is 0.409 e. The van der Waals surface area contributed by atoms with Gasteiger partial charge in [0.05, 0.1) is 5.92 Å². The average molecular weight is 334 g/mol. The Kier molecular flexibility index (Phi) is 5.01. The molecule has 0 spiro atoms. The first-order valence-electron chi connectivity index (χ1n) is 6.23. The van der Waals surface area contributed by atoms with E-state index in [0.717, 1.165) is 15.7 Å². The fourth-order valence-electron chi connectivity index (χ4n) is 1.96. The van der Waals surface area contributed by atoms with Gasteiger partial charge in [-0.15, -0.1) is 0 Å². The lowest BCUT2D eigenvalue weighted by atomic mass is 9.98. The smallest absolute Gasteiger partial charge is 0.148 e. The van der Waals surface area contributed by atoms with E-state index in [2.05, 4.69) is 26.4 Å². The second kappa shape index (κ2) is 6.96. The molecule has 1 unspecified atom stereocenters. The van der Waals surface area contributed by atoms with Crippen molar-refractivity contribution in [3.63, 3.8) is 0 Å². The van der Waals surface area contributed by atoms with Crippen LogP contribution in [0.2, 0.25) is 0 Å².